The first-order valence-corrected chi connectivity index (χ1v) is 12.7. The van der Waals surface area contributed by atoms with Gasteiger partial charge in [-0.3, -0.25) is 0 Å². The van der Waals surface area contributed by atoms with Crippen LogP contribution < -0.4 is 0 Å². The van der Waals surface area contributed by atoms with E-state index in [1.807, 2.05) is 47.7 Å². The van der Waals surface area contributed by atoms with E-state index in [2.05, 4.69) is 95.1 Å². The molecule has 0 fully saturated rings. The molecule has 0 atom stereocenters. The molecule has 0 aliphatic rings. The molecule has 7 rings (SSSR count). The molecule has 0 unspecified atom stereocenters. The van der Waals surface area contributed by atoms with Crippen LogP contribution in [0.5, 0.6) is 0 Å². The number of hydrogen-bond donors (Lipinski definition) is 0. The van der Waals surface area contributed by atoms with Crippen LogP contribution in [0.3, 0.4) is 0 Å². The van der Waals surface area contributed by atoms with Crippen LogP contribution in [0.4, 0.5) is 0 Å². The molecule has 0 aliphatic heterocycles. The zero-order valence-corrected chi connectivity index (χ0v) is 20.1. The van der Waals surface area contributed by atoms with Gasteiger partial charge in [0.25, 0.3) is 0 Å². The van der Waals surface area contributed by atoms with Gasteiger partial charge in [-0.05, 0) is 46.5 Å². The van der Waals surface area contributed by atoms with Gasteiger partial charge in [-0.15, -0.1) is 21.5 Å². The van der Waals surface area contributed by atoms with Crippen molar-refractivity contribution in [2.45, 2.75) is 0 Å². The van der Waals surface area contributed by atoms with Gasteiger partial charge in [0.05, 0.1) is 0 Å². The topological polar surface area (TPSA) is 38.9 Å². The largest absolute Gasteiger partial charge is 0.416 e. The first kappa shape index (κ1) is 20.8. The van der Waals surface area contributed by atoms with Crippen LogP contribution in [-0.2, 0) is 0 Å². The van der Waals surface area contributed by atoms with Crippen molar-refractivity contribution in [3.63, 3.8) is 0 Å². The van der Waals surface area contributed by atoms with E-state index in [1.54, 1.807) is 0 Å². The quantitative estimate of drug-likeness (QED) is 0.252. The predicted molar refractivity (Wildman–Crippen MR) is 149 cm³/mol. The van der Waals surface area contributed by atoms with Crippen LogP contribution in [0, 0.1) is 0 Å². The third-order valence-corrected chi connectivity index (χ3v) is 7.76. The molecule has 2 heterocycles. The van der Waals surface area contributed by atoms with Crippen LogP contribution >= 0.6 is 11.3 Å². The van der Waals surface area contributed by atoms with Crippen molar-refractivity contribution in [2.24, 2.45) is 0 Å². The first-order chi connectivity index (χ1) is 17.8. The molecule has 0 spiro atoms. The van der Waals surface area contributed by atoms with E-state index < -0.39 is 0 Å². The van der Waals surface area contributed by atoms with Gasteiger partial charge in [-0.25, -0.2) is 0 Å². The van der Waals surface area contributed by atoms with Crippen molar-refractivity contribution in [3.05, 3.63) is 121 Å². The molecule has 5 aromatic carbocycles. The van der Waals surface area contributed by atoms with Gasteiger partial charge >= 0.3 is 0 Å². The Labute approximate surface area is 212 Å². The van der Waals surface area contributed by atoms with E-state index in [0.29, 0.717) is 11.8 Å². The third-order valence-electron chi connectivity index (χ3n) is 6.48. The van der Waals surface area contributed by atoms with E-state index in [4.69, 9.17) is 4.42 Å². The minimum atomic E-state index is 0.519. The molecular weight excluding hydrogens is 460 g/mol. The fourth-order valence-electron chi connectivity index (χ4n) is 4.75. The Balaban J connectivity index is 1.35. The molecule has 170 valence electrons. The predicted octanol–water partition coefficient (Wildman–Crippen LogP) is 9.11. The highest BCUT2D eigenvalue weighted by molar-refractivity contribution is 7.26. The van der Waals surface area contributed by atoms with Crippen LogP contribution in [-0.4, -0.2) is 10.2 Å². The molecule has 4 heteroatoms. The number of nitrogens with zero attached hydrogens (tertiary/aromatic N) is 2. The maximum atomic E-state index is 6.03. The second-order valence-electron chi connectivity index (χ2n) is 8.69. The Bertz CT molecular complexity index is 1840. The van der Waals surface area contributed by atoms with E-state index in [0.717, 1.165) is 16.7 Å². The second kappa shape index (κ2) is 8.59. The summed E-state index contributed by atoms with van der Waals surface area (Å²) in [6.45, 7) is 0. The average Bonchev–Trinajstić information content (AvgIpc) is 3.60. The molecule has 0 amide bonds. The maximum Gasteiger partial charge on any atom is 0.248 e. The van der Waals surface area contributed by atoms with Crippen molar-refractivity contribution in [1.82, 2.24) is 10.2 Å². The summed E-state index contributed by atoms with van der Waals surface area (Å²) in [7, 11) is 0. The lowest BCUT2D eigenvalue weighted by Gasteiger charge is -2.05. The number of rotatable bonds is 4. The van der Waals surface area contributed by atoms with E-state index in [9.17, 15) is 0 Å². The summed E-state index contributed by atoms with van der Waals surface area (Å²) in [4.78, 5) is 0. The van der Waals surface area contributed by atoms with Crippen LogP contribution in [0.2, 0.25) is 0 Å². The summed E-state index contributed by atoms with van der Waals surface area (Å²) >= 11 is 1.86. The minimum absolute atomic E-state index is 0.519. The Kier molecular flexibility index (Phi) is 4.97. The molecule has 0 radical (unpaired) electrons. The van der Waals surface area contributed by atoms with Crippen molar-refractivity contribution in [1.29, 1.82) is 0 Å². The number of aromatic nitrogens is 2. The van der Waals surface area contributed by atoms with Crippen molar-refractivity contribution in [2.75, 3.05) is 0 Å². The SMILES string of the molecule is c1ccc(-c2nnc(-c3cccc(-c4cccc5c4sc4c(-c6ccccc6)cccc45)c3)o2)cc1. The first-order valence-electron chi connectivity index (χ1n) is 11.8. The van der Waals surface area contributed by atoms with Gasteiger partial charge in [0.15, 0.2) is 0 Å². The van der Waals surface area contributed by atoms with Gasteiger partial charge in [-0.1, -0.05) is 97.1 Å². The highest BCUT2D eigenvalue weighted by atomic mass is 32.1. The summed E-state index contributed by atoms with van der Waals surface area (Å²) in [5.74, 6) is 1.04. The number of fused-ring (bicyclic) bond motifs is 3. The van der Waals surface area contributed by atoms with Crippen LogP contribution in [0.25, 0.3) is 65.3 Å². The zero-order chi connectivity index (χ0) is 23.9. The molecule has 0 saturated carbocycles. The third kappa shape index (κ3) is 3.51. The Morgan fingerprint density at radius 3 is 1.61 bits per heavy atom. The molecule has 7 aromatic rings. The van der Waals surface area contributed by atoms with Gasteiger partial charge in [-0.2, -0.15) is 0 Å². The standard InChI is InChI=1S/C32H20N2OS/c1-3-10-21(11-4-1)25-16-8-18-27-28-19-9-17-26(30(28)36-29(25)27)23-14-7-15-24(20-23)32-34-33-31(35-32)22-12-5-2-6-13-22/h1-20H. The highest BCUT2D eigenvalue weighted by Gasteiger charge is 2.15. The smallest absolute Gasteiger partial charge is 0.248 e. The van der Waals surface area contributed by atoms with Crippen molar-refractivity contribution in [3.8, 4) is 45.2 Å². The highest BCUT2D eigenvalue weighted by Crippen LogP contribution is 2.44. The summed E-state index contributed by atoms with van der Waals surface area (Å²) in [5.41, 5.74) is 6.67. The lowest BCUT2D eigenvalue weighted by atomic mass is 9.99. The van der Waals surface area contributed by atoms with Crippen molar-refractivity contribution < 1.29 is 4.42 Å². The Hall–Kier alpha value is -4.54. The normalized spacial score (nSPS) is 11.3. The lowest BCUT2D eigenvalue weighted by molar-refractivity contribution is 0.584. The molecule has 0 aliphatic carbocycles. The number of benzene rings is 5. The monoisotopic (exact) mass is 480 g/mol. The fraction of sp³-hybridized carbons (Fsp3) is 0. The summed E-state index contributed by atoms with van der Waals surface area (Å²) < 4.78 is 8.62. The minimum Gasteiger partial charge on any atom is -0.416 e. The fourth-order valence-corrected chi connectivity index (χ4v) is 6.12. The Morgan fingerprint density at radius 1 is 0.444 bits per heavy atom. The van der Waals surface area contributed by atoms with Crippen LogP contribution in [0.1, 0.15) is 0 Å². The van der Waals surface area contributed by atoms with E-state index >= 15 is 0 Å². The molecule has 0 N–H and O–H groups in total. The second-order valence-corrected chi connectivity index (χ2v) is 9.71. The van der Waals surface area contributed by atoms with Gasteiger partial charge in [0, 0.05) is 31.3 Å². The molecule has 36 heavy (non-hydrogen) atoms. The summed E-state index contributed by atoms with van der Waals surface area (Å²) in [6, 6.07) is 42.0. The lowest BCUT2D eigenvalue weighted by Crippen LogP contribution is -1.82. The number of hydrogen-bond acceptors (Lipinski definition) is 4. The van der Waals surface area contributed by atoms with Crippen LogP contribution in [0.15, 0.2) is 126 Å². The molecule has 0 bridgehead atoms. The van der Waals surface area contributed by atoms with Gasteiger partial charge < -0.3 is 4.42 Å². The molecule has 3 nitrogen and oxygen atoms in total. The van der Waals surface area contributed by atoms with E-state index in [1.165, 1.54) is 36.9 Å². The van der Waals surface area contributed by atoms with E-state index in [-0.39, 0.29) is 0 Å². The van der Waals surface area contributed by atoms with Gasteiger partial charge in [0.2, 0.25) is 11.8 Å². The molecule has 2 aromatic heterocycles. The zero-order valence-electron chi connectivity index (χ0n) is 19.3. The maximum absolute atomic E-state index is 6.03. The summed E-state index contributed by atoms with van der Waals surface area (Å²) in [5, 5.41) is 11.2. The average molecular weight is 481 g/mol. The number of thiophene rings is 1. The van der Waals surface area contributed by atoms with Crippen molar-refractivity contribution >= 4 is 31.5 Å². The Morgan fingerprint density at radius 2 is 0.944 bits per heavy atom. The molecular formula is C32H20N2OS. The summed E-state index contributed by atoms with van der Waals surface area (Å²) in [6.07, 6.45) is 0. The molecule has 0 saturated heterocycles. The van der Waals surface area contributed by atoms with Gasteiger partial charge in [0.1, 0.15) is 0 Å².